The summed E-state index contributed by atoms with van der Waals surface area (Å²) in [6.45, 7) is -0.735. The van der Waals surface area contributed by atoms with Gasteiger partial charge in [-0.3, -0.25) is 4.68 Å². The van der Waals surface area contributed by atoms with Gasteiger partial charge in [0.1, 0.15) is 0 Å². The molecule has 0 aliphatic carbocycles. The molecule has 29 heavy (non-hydrogen) atoms. The molecule has 3 rings (SSSR count). The fourth-order valence-electron chi connectivity index (χ4n) is 3.63. The fraction of sp³-hybridized carbons (Fsp3) is 0.765. The number of amides is 1. The summed E-state index contributed by atoms with van der Waals surface area (Å²) in [5, 5.41) is 12.7. The first-order valence-electron chi connectivity index (χ1n) is 9.23. The number of hydrogen-bond acceptors (Lipinski definition) is 5. The molecule has 2 aliphatic rings. The molecule has 2 saturated heterocycles. The second kappa shape index (κ2) is 8.42. The van der Waals surface area contributed by atoms with Crippen LogP contribution in [-0.2, 0) is 9.47 Å². The van der Waals surface area contributed by atoms with E-state index < -0.39 is 37.0 Å². The van der Waals surface area contributed by atoms with Gasteiger partial charge in [0.25, 0.3) is 6.43 Å². The number of aromatic nitrogens is 2. The number of carbonyl (C=O) groups is 1. The highest BCUT2D eigenvalue weighted by molar-refractivity contribution is 5.68. The van der Waals surface area contributed by atoms with E-state index >= 15 is 0 Å². The van der Waals surface area contributed by atoms with Gasteiger partial charge >= 0.3 is 12.3 Å². The van der Waals surface area contributed by atoms with E-state index in [1.165, 1.54) is 10.9 Å². The highest BCUT2D eigenvalue weighted by Gasteiger charge is 2.45. The van der Waals surface area contributed by atoms with E-state index in [1.54, 1.807) is 0 Å². The normalized spacial score (nSPS) is 23.4. The van der Waals surface area contributed by atoms with Crippen LogP contribution >= 0.6 is 0 Å². The molecule has 0 aromatic carbocycles. The van der Waals surface area contributed by atoms with Crippen LogP contribution in [0.4, 0.5) is 26.7 Å². The molecular formula is C17H22F5N3O4. The zero-order valence-electron chi connectivity index (χ0n) is 15.4. The first-order chi connectivity index (χ1) is 13.6. The van der Waals surface area contributed by atoms with Gasteiger partial charge in [-0.15, -0.1) is 0 Å². The topological polar surface area (TPSA) is 76.8 Å². The third-order valence-corrected chi connectivity index (χ3v) is 5.47. The Hall–Kier alpha value is -1.95. The Labute approximate surface area is 163 Å². The van der Waals surface area contributed by atoms with Gasteiger partial charge < -0.3 is 19.5 Å². The molecule has 1 aromatic rings. The number of aliphatic hydroxyl groups excluding tert-OH is 1. The summed E-state index contributed by atoms with van der Waals surface area (Å²) in [7, 11) is 0. The Bertz CT molecular complexity index is 693. The first-order valence-corrected chi connectivity index (χ1v) is 9.23. The second-order valence-corrected chi connectivity index (χ2v) is 7.32. The number of ether oxygens (including phenoxy) is 2. The monoisotopic (exact) mass is 427 g/mol. The molecule has 1 N–H and O–H groups in total. The van der Waals surface area contributed by atoms with Gasteiger partial charge in [0, 0.05) is 19.3 Å². The molecule has 0 saturated carbocycles. The van der Waals surface area contributed by atoms with E-state index in [2.05, 4.69) is 9.84 Å². The molecule has 3 heterocycles. The molecule has 7 nitrogen and oxygen atoms in total. The minimum atomic E-state index is -4.83. The lowest BCUT2D eigenvalue weighted by Crippen LogP contribution is -2.51. The third-order valence-electron chi connectivity index (χ3n) is 5.47. The molecule has 1 spiro atoms. The van der Waals surface area contributed by atoms with Crippen LogP contribution in [0.1, 0.15) is 43.7 Å². The number of nitrogens with zero attached hydrogens (tertiary/aromatic N) is 3. The van der Waals surface area contributed by atoms with E-state index in [0.717, 1.165) is 11.1 Å². The molecule has 1 amide bonds. The molecule has 12 heteroatoms. The molecule has 2 aliphatic heterocycles. The van der Waals surface area contributed by atoms with Crippen LogP contribution in [-0.4, -0.2) is 70.1 Å². The van der Waals surface area contributed by atoms with E-state index in [4.69, 9.17) is 9.84 Å². The molecule has 164 valence electrons. The quantitative estimate of drug-likeness (QED) is 0.748. The number of likely N-dealkylation sites (tertiary alicyclic amines) is 1. The molecule has 0 bridgehead atoms. The van der Waals surface area contributed by atoms with Crippen LogP contribution in [0.15, 0.2) is 12.4 Å². The number of hydrogen-bond donors (Lipinski definition) is 1. The van der Waals surface area contributed by atoms with Crippen molar-refractivity contribution in [2.45, 2.75) is 56.0 Å². The van der Waals surface area contributed by atoms with Gasteiger partial charge in [0.05, 0.1) is 36.6 Å². The van der Waals surface area contributed by atoms with E-state index in [9.17, 15) is 26.7 Å². The van der Waals surface area contributed by atoms with Crippen molar-refractivity contribution in [3.8, 4) is 0 Å². The van der Waals surface area contributed by atoms with Crippen molar-refractivity contribution < 1.29 is 41.3 Å². The highest BCUT2D eigenvalue weighted by atomic mass is 19.4. The fourth-order valence-corrected chi connectivity index (χ4v) is 3.63. The second-order valence-electron chi connectivity index (χ2n) is 7.32. The zero-order valence-corrected chi connectivity index (χ0v) is 15.4. The Morgan fingerprint density at radius 2 is 2.03 bits per heavy atom. The molecule has 1 aromatic heterocycles. The predicted molar refractivity (Wildman–Crippen MR) is 88.4 cm³/mol. The van der Waals surface area contributed by atoms with Gasteiger partial charge in [-0.05, 0) is 25.7 Å². The summed E-state index contributed by atoms with van der Waals surface area (Å²) in [6, 6.07) is -0.173. The molecule has 2 fully saturated rings. The Kier molecular flexibility index (Phi) is 6.32. The maximum Gasteiger partial charge on any atom is 0.427 e. The van der Waals surface area contributed by atoms with Crippen molar-refractivity contribution in [1.29, 1.82) is 0 Å². The maximum atomic E-state index is 12.7. The van der Waals surface area contributed by atoms with Crippen molar-refractivity contribution >= 4 is 6.09 Å². The Morgan fingerprint density at radius 1 is 1.34 bits per heavy atom. The van der Waals surface area contributed by atoms with Crippen LogP contribution in [0.25, 0.3) is 0 Å². The standard InChI is InChI=1S/C17H22F5N3O4/c18-14(19)11-7-23-25(8-11)12-1-2-16(28-10-12)3-5-24(6-4-16)15(27)29-13(9-26)17(20,21)22/h7-8,12-14,26H,1-6,9-10H2/t12?,13-/m1/s1. The Balaban J connectivity index is 1.50. The lowest BCUT2D eigenvalue weighted by molar-refractivity contribution is -0.215. The third kappa shape index (κ3) is 4.97. The summed E-state index contributed by atoms with van der Waals surface area (Å²) < 4.78 is 75.1. The molecule has 0 radical (unpaired) electrons. The van der Waals surface area contributed by atoms with Crippen molar-refractivity contribution in [1.82, 2.24) is 14.7 Å². The number of halogens is 5. The van der Waals surface area contributed by atoms with Crippen LogP contribution in [0.2, 0.25) is 0 Å². The lowest BCUT2D eigenvalue weighted by atomic mass is 9.83. The Morgan fingerprint density at radius 3 is 2.52 bits per heavy atom. The van der Waals surface area contributed by atoms with E-state index in [1.807, 2.05) is 0 Å². The number of alkyl halides is 5. The van der Waals surface area contributed by atoms with Crippen LogP contribution < -0.4 is 0 Å². The number of rotatable bonds is 4. The zero-order chi connectivity index (χ0) is 21.2. The minimum Gasteiger partial charge on any atom is -0.434 e. The van der Waals surface area contributed by atoms with Gasteiger partial charge in [-0.2, -0.15) is 18.3 Å². The largest absolute Gasteiger partial charge is 0.434 e. The van der Waals surface area contributed by atoms with Crippen molar-refractivity contribution in [2.75, 3.05) is 26.3 Å². The molecular weight excluding hydrogens is 405 g/mol. The van der Waals surface area contributed by atoms with Crippen LogP contribution in [0.3, 0.4) is 0 Å². The summed E-state index contributed by atoms with van der Waals surface area (Å²) in [5.41, 5.74) is -0.663. The number of piperidine rings is 1. The van der Waals surface area contributed by atoms with Gasteiger partial charge in [0.2, 0.25) is 6.10 Å². The average Bonchev–Trinajstić information content (AvgIpc) is 3.16. The smallest absolute Gasteiger partial charge is 0.427 e. The summed E-state index contributed by atoms with van der Waals surface area (Å²) >= 11 is 0. The molecule has 1 unspecified atom stereocenters. The summed E-state index contributed by atoms with van der Waals surface area (Å²) in [6.07, 6.45) is -6.57. The number of carbonyl (C=O) groups excluding carboxylic acids is 1. The summed E-state index contributed by atoms with van der Waals surface area (Å²) in [4.78, 5) is 13.1. The van der Waals surface area contributed by atoms with Gasteiger partial charge in [0.15, 0.2) is 0 Å². The van der Waals surface area contributed by atoms with E-state index in [0.29, 0.717) is 25.7 Å². The van der Waals surface area contributed by atoms with E-state index in [-0.39, 0.29) is 31.3 Å². The lowest BCUT2D eigenvalue weighted by Gasteiger charge is -2.45. The maximum absolute atomic E-state index is 12.7. The minimum absolute atomic E-state index is 0.155. The van der Waals surface area contributed by atoms with Crippen LogP contribution in [0, 0.1) is 0 Å². The average molecular weight is 427 g/mol. The van der Waals surface area contributed by atoms with Gasteiger partial charge in [-0.25, -0.2) is 13.6 Å². The number of aliphatic hydroxyl groups is 1. The summed E-state index contributed by atoms with van der Waals surface area (Å²) in [5.74, 6) is 0. The van der Waals surface area contributed by atoms with Gasteiger partial charge in [-0.1, -0.05) is 0 Å². The van der Waals surface area contributed by atoms with Crippen molar-refractivity contribution in [2.24, 2.45) is 0 Å². The highest BCUT2D eigenvalue weighted by Crippen LogP contribution is 2.38. The van der Waals surface area contributed by atoms with Crippen LogP contribution in [0.5, 0.6) is 0 Å². The SMILES string of the molecule is O=C(O[C@H](CO)C(F)(F)F)N1CCC2(CCC(n3cc(C(F)F)cn3)CO2)CC1. The predicted octanol–water partition coefficient (Wildman–Crippen LogP) is 3.07. The molecule has 2 atom stereocenters. The van der Waals surface area contributed by atoms with Crippen molar-refractivity contribution in [3.63, 3.8) is 0 Å². The first kappa shape index (κ1) is 21.8. The van der Waals surface area contributed by atoms with Crippen molar-refractivity contribution in [3.05, 3.63) is 18.0 Å².